The smallest absolute Gasteiger partial charge is 0.403 e. The Morgan fingerprint density at radius 3 is 1.82 bits per heavy atom. The summed E-state index contributed by atoms with van der Waals surface area (Å²) in [5.41, 5.74) is -3.77. The first-order valence-electron chi connectivity index (χ1n) is 4.70. The molecular formula is C9H10F6O2. The Labute approximate surface area is 92.9 Å². The lowest BCUT2D eigenvalue weighted by Crippen LogP contribution is -2.41. The summed E-state index contributed by atoms with van der Waals surface area (Å²) in [6.07, 6.45) is -11.7. The number of halogens is 6. The summed E-state index contributed by atoms with van der Waals surface area (Å²) in [7, 11) is 0.915. The van der Waals surface area contributed by atoms with Crippen molar-refractivity contribution in [1.82, 2.24) is 0 Å². The molecule has 0 radical (unpaired) electrons. The number of rotatable bonds is 2. The number of hydrogen-bond acceptors (Lipinski definition) is 2. The Morgan fingerprint density at radius 2 is 1.59 bits per heavy atom. The van der Waals surface area contributed by atoms with Gasteiger partial charge in [-0.15, -0.1) is 0 Å². The largest absolute Gasteiger partial charge is 0.469 e. The third kappa shape index (κ3) is 1.87. The van der Waals surface area contributed by atoms with E-state index < -0.39 is 42.0 Å². The third-order valence-corrected chi connectivity index (χ3v) is 3.35. The molecule has 1 fully saturated rings. The van der Waals surface area contributed by atoms with E-state index in [1.807, 2.05) is 0 Å². The number of ether oxygens (including phenoxy) is 1. The number of carbonyl (C=O) groups excluding carboxylic acids is 1. The van der Waals surface area contributed by atoms with Crippen LogP contribution in [0.1, 0.15) is 13.3 Å². The molecule has 0 aliphatic heterocycles. The molecule has 1 aliphatic rings. The van der Waals surface area contributed by atoms with Gasteiger partial charge in [-0.3, -0.25) is 4.79 Å². The molecule has 0 spiro atoms. The van der Waals surface area contributed by atoms with Crippen molar-refractivity contribution < 1.29 is 35.9 Å². The fraction of sp³-hybridized carbons (Fsp3) is 0.889. The summed E-state index contributed by atoms with van der Waals surface area (Å²) < 4.78 is 79.5. The fourth-order valence-corrected chi connectivity index (χ4v) is 2.35. The molecule has 100 valence electrons. The molecule has 1 saturated carbocycles. The first-order chi connectivity index (χ1) is 7.50. The second-order valence-electron chi connectivity index (χ2n) is 4.04. The van der Waals surface area contributed by atoms with E-state index in [9.17, 15) is 31.1 Å². The topological polar surface area (TPSA) is 26.3 Å². The highest BCUT2D eigenvalue weighted by Crippen LogP contribution is 2.74. The van der Waals surface area contributed by atoms with Gasteiger partial charge in [0, 0.05) is 6.42 Å². The fourth-order valence-electron chi connectivity index (χ4n) is 2.35. The molecule has 2 atom stereocenters. The van der Waals surface area contributed by atoms with Crippen LogP contribution in [0.15, 0.2) is 0 Å². The zero-order chi connectivity index (χ0) is 13.6. The van der Waals surface area contributed by atoms with Gasteiger partial charge in [0.05, 0.1) is 7.11 Å². The van der Waals surface area contributed by atoms with Crippen molar-refractivity contribution in [2.45, 2.75) is 25.7 Å². The van der Waals surface area contributed by atoms with E-state index in [1.165, 1.54) is 0 Å². The molecule has 0 heterocycles. The van der Waals surface area contributed by atoms with Gasteiger partial charge in [-0.1, -0.05) is 6.92 Å². The maximum absolute atomic E-state index is 12.6. The lowest BCUT2D eigenvalue weighted by molar-refractivity contribution is -0.309. The van der Waals surface area contributed by atoms with Gasteiger partial charge in [-0.2, -0.15) is 26.3 Å². The maximum atomic E-state index is 12.6. The predicted octanol–water partition coefficient (Wildman–Crippen LogP) is 2.93. The van der Waals surface area contributed by atoms with Crippen LogP contribution in [0.4, 0.5) is 26.3 Å². The van der Waals surface area contributed by atoms with Crippen molar-refractivity contribution in [2.75, 3.05) is 7.11 Å². The standard InChI is InChI=1S/C9H10F6O2/c1-4-5(3-6(16)17-2)7(4,8(10,11)12)9(13,14)15/h4-5H,3H2,1-2H3. The quantitative estimate of drug-likeness (QED) is 0.566. The number of alkyl halides is 6. The molecule has 0 aromatic carbocycles. The summed E-state index contributed by atoms with van der Waals surface area (Å²) in [5.74, 6) is -4.53. The molecule has 0 aromatic rings. The summed E-state index contributed by atoms with van der Waals surface area (Å²) in [4.78, 5) is 10.8. The monoisotopic (exact) mass is 264 g/mol. The minimum Gasteiger partial charge on any atom is -0.469 e. The van der Waals surface area contributed by atoms with E-state index in [-0.39, 0.29) is 0 Å². The van der Waals surface area contributed by atoms with Crippen LogP contribution in [0.5, 0.6) is 0 Å². The van der Waals surface area contributed by atoms with Crippen LogP contribution in [0.2, 0.25) is 0 Å². The molecule has 0 saturated heterocycles. The van der Waals surface area contributed by atoms with E-state index in [1.54, 1.807) is 0 Å². The van der Waals surface area contributed by atoms with Gasteiger partial charge in [0.15, 0.2) is 5.41 Å². The highest BCUT2D eigenvalue weighted by Gasteiger charge is 2.87. The van der Waals surface area contributed by atoms with Gasteiger partial charge >= 0.3 is 18.3 Å². The second-order valence-corrected chi connectivity index (χ2v) is 4.04. The van der Waals surface area contributed by atoms with Crippen LogP contribution < -0.4 is 0 Å². The lowest BCUT2D eigenvalue weighted by atomic mass is 9.99. The molecular weight excluding hydrogens is 254 g/mol. The first-order valence-corrected chi connectivity index (χ1v) is 4.70. The molecule has 0 amide bonds. The average Bonchev–Trinajstić information content (AvgIpc) is 2.70. The van der Waals surface area contributed by atoms with Crippen molar-refractivity contribution in [1.29, 1.82) is 0 Å². The first kappa shape index (κ1) is 14.1. The van der Waals surface area contributed by atoms with Crippen LogP contribution in [0.25, 0.3) is 0 Å². The molecule has 2 unspecified atom stereocenters. The van der Waals surface area contributed by atoms with Crippen LogP contribution in [0, 0.1) is 17.3 Å². The Bertz CT molecular complexity index is 304. The van der Waals surface area contributed by atoms with Crippen molar-refractivity contribution in [3.63, 3.8) is 0 Å². The number of methoxy groups -OCH3 is 1. The number of carbonyl (C=O) groups is 1. The molecule has 0 bridgehead atoms. The summed E-state index contributed by atoms with van der Waals surface area (Å²) in [5, 5.41) is 0. The number of esters is 1. The molecule has 17 heavy (non-hydrogen) atoms. The Balaban J connectivity index is 3.02. The third-order valence-electron chi connectivity index (χ3n) is 3.35. The van der Waals surface area contributed by atoms with Crippen molar-refractivity contribution in [3.8, 4) is 0 Å². The molecule has 1 aliphatic carbocycles. The summed E-state index contributed by atoms with van der Waals surface area (Å²) >= 11 is 0. The minimum atomic E-state index is -5.41. The zero-order valence-electron chi connectivity index (χ0n) is 8.95. The van der Waals surface area contributed by atoms with Crippen LogP contribution in [-0.4, -0.2) is 25.4 Å². The normalized spacial score (nSPS) is 27.8. The van der Waals surface area contributed by atoms with E-state index in [0.717, 1.165) is 14.0 Å². The van der Waals surface area contributed by atoms with Crippen LogP contribution >= 0.6 is 0 Å². The highest BCUT2D eigenvalue weighted by atomic mass is 19.4. The Hall–Kier alpha value is -0.950. The Kier molecular flexibility index (Phi) is 3.13. The van der Waals surface area contributed by atoms with Gasteiger partial charge in [0.1, 0.15) is 0 Å². The summed E-state index contributed by atoms with van der Waals surface area (Å²) in [6.45, 7) is 0.842. The molecule has 0 aromatic heterocycles. The van der Waals surface area contributed by atoms with E-state index in [0.29, 0.717) is 0 Å². The van der Waals surface area contributed by atoms with Crippen molar-refractivity contribution >= 4 is 5.97 Å². The lowest BCUT2D eigenvalue weighted by Gasteiger charge is -2.24. The second kappa shape index (κ2) is 3.78. The number of hydrogen-bond donors (Lipinski definition) is 0. The maximum Gasteiger partial charge on any atom is 0.403 e. The van der Waals surface area contributed by atoms with Gasteiger partial charge in [-0.25, -0.2) is 0 Å². The van der Waals surface area contributed by atoms with Crippen molar-refractivity contribution in [2.24, 2.45) is 17.3 Å². The average molecular weight is 264 g/mol. The molecule has 2 nitrogen and oxygen atoms in total. The van der Waals surface area contributed by atoms with Gasteiger partial charge < -0.3 is 4.74 Å². The highest BCUT2D eigenvalue weighted by molar-refractivity contribution is 5.70. The van der Waals surface area contributed by atoms with Crippen molar-refractivity contribution in [3.05, 3.63) is 0 Å². The van der Waals surface area contributed by atoms with Gasteiger partial charge in [0.2, 0.25) is 0 Å². The Morgan fingerprint density at radius 1 is 1.18 bits per heavy atom. The van der Waals surface area contributed by atoms with E-state index in [4.69, 9.17) is 0 Å². The van der Waals surface area contributed by atoms with Gasteiger partial charge in [-0.05, 0) is 11.8 Å². The van der Waals surface area contributed by atoms with E-state index in [2.05, 4.69) is 4.74 Å². The SMILES string of the molecule is COC(=O)CC1C(C)C1(C(F)(F)F)C(F)(F)F. The molecule has 0 N–H and O–H groups in total. The molecule has 8 heteroatoms. The predicted molar refractivity (Wildman–Crippen MR) is 43.8 cm³/mol. The molecule has 1 rings (SSSR count). The van der Waals surface area contributed by atoms with Crippen LogP contribution in [-0.2, 0) is 9.53 Å². The zero-order valence-corrected chi connectivity index (χ0v) is 8.95. The van der Waals surface area contributed by atoms with Crippen LogP contribution in [0.3, 0.4) is 0 Å². The minimum absolute atomic E-state index is 0.842. The van der Waals surface area contributed by atoms with E-state index >= 15 is 0 Å². The summed E-state index contributed by atoms with van der Waals surface area (Å²) in [6, 6.07) is 0. The van der Waals surface area contributed by atoms with Gasteiger partial charge in [0.25, 0.3) is 0 Å².